The average molecular weight is 337 g/mol. The molecule has 1 aromatic heterocycles. The van der Waals surface area contributed by atoms with Crippen LogP contribution in [0.2, 0.25) is 0 Å². The fraction of sp³-hybridized carbons (Fsp3) is 0.733. The van der Waals surface area contributed by atoms with Gasteiger partial charge in [0, 0.05) is 25.6 Å². The lowest BCUT2D eigenvalue weighted by Gasteiger charge is -2.24. The Kier molecular flexibility index (Phi) is 4.79. The van der Waals surface area contributed by atoms with Crippen molar-refractivity contribution in [1.29, 1.82) is 0 Å². The van der Waals surface area contributed by atoms with E-state index in [0.29, 0.717) is 18.1 Å². The summed E-state index contributed by atoms with van der Waals surface area (Å²) >= 11 is 1.41. The molecule has 1 aromatic rings. The van der Waals surface area contributed by atoms with Crippen molar-refractivity contribution in [2.45, 2.75) is 58.0 Å². The minimum Gasteiger partial charge on any atom is -0.352 e. The molecule has 126 valence electrons. The highest BCUT2D eigenvalue weighted by Gasteiger charge is 2.34. The van der Waals surface area contributed by atoms with E-state index in [2.05, 4.69) is 22.4 Å². The lowest BCUT2D eigenvalue weighted by atomic mass is 10.2. The summed E-state index contributed by atoms with van der Waals surface area (Å²) in [7, 11) is 0. The number of carbonyl (C=O) groups excluding carboxylic acids is 2. The minimum atomic E-state index is -0.181. The zero-order valence-corrected chi connectivity index (χ0v) is 14.4. The monoisotopic (exact) mass is 337 g/mol. The number of nitrogens with zero attached hydrogens (tertiary/aromatic N) is 4. The predicted molar refractivity (Wildman–Crippen MR) is 89.8 cm³/mol. The summed E-state index contributed by atoms with van der Waals surface area (Å²) in [6, 6.07) is -0.00349. The van der Waals surface area contributed by atoms with Gasteiger partial charge in [0.05, 0.1) is 0 Å². The van der Waals surface area contributed by atoms with E-state index in [0.717, 1.165) is 37.4 Å². The Morgan fingerprint density at radius 2 is 2.13 bits per heavy atom. The molecule has 2 fully saturated rings. The number of carbonyl (C=O) groups is 2. The molecule has 2 aliphatic heterocycles. The first-order valence-electron chi connectivity index (χ1n) is 8.31. The van der Waals surface area contributed by atoms with Crippen LogP contribution in [0.3, 0.4) is 0 Å². The van der Waals surface area contributed by atoms with Crippen molar-refractivity contribution in [2.24, 2.45) is 0 Å². The molecule has 2 saturated heterocycles. The predicted octanol–water partition coefficient (Wildman–Crippen LogP) is 1.55. The molecule has 3 heterocycles. The zero-order valence-electron chi connectivity index (χ0n) is 13.6. The Hall–Kier alpha value is -1.70. The van der Waals surface area contributed by atoms with Gasteiger partial charge in [-0.05, 0) is 32.6 Å². The van der Waals surface area contributed by atoms with Crippen LogP contribution in [0.1, 0.15) is 46.0 Å². The summed E-state index contributed by atoms with van der Waals surface area (Å²) in [6.45, 7) is 5.59. The normalized spacial score (nSPS) is 22.7. The topological polar surface area (TPSA) is 78.4 Å². The lowest BCUT2D eigenvalue weighted by molar-refractivity contribution is -0.122. The van der Waals surface area contributed by atoms with Gasteiger partial charge in [-0.1, -0.05) is 18.3 Å². The Labute approximate surface area is 140 Å². The van der Waals surface area contributed by atoms with Crippen LogP contribution in [0, 0.1) is 0 Å². The minimum absolute atomic E-state index is 0.0610. The van der Waals surface area contributed by atoms with Crippen LogP contribution in [-0.4, -0.2) is 47.2 Å². The summed E-state index contributed by atoms with van der Waals surface area (Å²) in [4.78, 5) is 28.0. The second kappa shape index (κ2) is 6.82. The van der Waals surface area contributed by atoms with E-state index in [1.54, 1.807) is 4.90 Å². The van der Waals surface area contributed by atoms with E-state index in [-0.39, 0.29) is 23.9 Å². The third-order valence-electron chi connectivity index (χ3n) is 4.51. The van der Waals surface area contributed by atoms with Crippen LogP contribution in [0.4, 0.5) is 10.3 Å². The van der Waals surface area contributed by atoms with E-state index in [1.165, 1.54) is 11.3 Å². The fourth-order valence-electron chi connectivity index (χ4n) is 2.99. The van der Waals surface area contributed by atoms with Crippen LogP contribution in [0.25, 0.3) is 0 Å². The quantitative estimate of drug-likeness (QED) is 0.882. The molecular weight excluding hydrogens is 314 g/mol. The number of amides is 2. The molecule has 2 atom stereocenters. The van der Waals surface area contributed by atoms with Crippen molar-refractivity contribution in [3.63, 3.8) is 0 Å². The second-order valence-corrected chi connectivity index (χ2v) is 7.12. The van der Waals surface area contributed by atoms with E-state index >= 15 is 0 Å². The van der Waals surface area contributed by atoms with Gasteiger partial charge in [-0.25, -0.2) is 0 Å². The molecule has 0 saturated carbocycles. The zero-order chi connectivity index (χ0) is 16.4. The van der Waals surface area contributed by atoms with Gasteiger partial charge < -0.3 is 10.2 Å². The molecule has 1 N–H and O–H groups in total. The maximum absolute atomic E-state index is 12.5. The lowest BCUT2D eigenvalue weighted by Crippen LogP contribution is -2.46. The Morgan fingerprint density at radius 1 is 1.35 bits per heavy atom. The number of anilines is 2. The average Bonchev–Trinajstić information content (AvgIpc) is 3.25. The molecule has 23 heavy (non-hydrogen) atoms. The fourth-order valence-corrected chi connectivity index (χ4v) is 3.96. The highest BCUT2D eigenvalue weighted by molar-refractivity contribution is 7.19. The summed E-state index contributed by atoms with van der Waals surface area (Å²) in [6.07, 6.45) is 4.17. The first kappa shape index (κ1) is 16.2. The van der Waals surface area contributed by atoms with Gasteiger partial charge in [0.2, 0.25) is 22.1 Å². The van der Waals surface area contributed by atoms with E-state index in [4.69, 9.17) is 0 Å². The smallest absolute Gasteiger partial charge is 0.242 e. The Balaban J connectivity index is 1.71. The van der Waals surface area contributed by atoms with Crippen molar-refractivity contribution in [1.82, 2.24) is 15.5 Å². The van der Waals surface area contributed by atoms with E-state index in [9.17, 15) is 9.59 Å². The molecule has 0 radical (unpaired) electrons. The summed E-state index contributed by atoms with van der Waals surface area (Å²) in [5.41, 5.74) is 0. The molecule has 2 aliphatic rings. The van der Waals surface area contributed by atoms with Crippen molar-refractivity contribution in [3.8, 4) is 0 Å². The standard InChI is InChI=1S/C15H23N5O2S/c1-3-10(2)16-13(22)11-6-4-8-19(11)14-17-18-15(23-14)20-9-5-7-12(20)21/h10-11H,3-9H2,1-2H3,(H,16,22)/t10-,11+/m1/s1. The molecule has 0 bridgehead atoms. The van der Waals surface area contributed by atoms with E-state index < -0.39 is 0 Å². The second-order valence-electron chi connectivity index (χ2n) is 6.19. The van der Waals surface area contributed by atoms with Crippen molar-refractivity contribution in [2.75, 3.05) is 22.9 Å². The third kappa shape index (κ3) is 3.31. The molecule has 8 heteroatoms. The number of rotatable bonds is 5. The van der Waals surface area contributed by atoms with Crippen LogP contribution in [0.15, 0.2) is 0 Å². The van der Waals surface area contributed by atoms with Crippen LogP contribution >= 0.6 is 11.3 Å². The number of aromatic nitrogens is 2. The van der Waals surface area contributed by atoms with Gasteiger partial charge in [0.25, 0.3) is 0 Å². The van der Waals surface area contributed by atoms with Crippen molar-refractivity contribution < 1.29 is 9.59 Å². The van der Waals surface area contributed by atoms with Gasteiger partial charge in [-0.3, -0.25) is 14.5 Å². The first-order chi connectivity index (χ1) is 11.1. The van der Waals surface area contributed by atoms with Crippen LogP contribution in [-0.2, 0) is 9.59 Å². The molecule has 0 aromatic carbocycles. The van der Waals surface area contributed by atoms with E-state index in [1.807, 2.05) is 11.8 Å². The maximum Gasteiger partial charge on any atom is 0.242 e. The van der Waals surface area contributed by atoms with Crippen molar-refractivity contribution in [3.05, 3.63) is 0 Å². The Morgan fingerprint density at radius 3 is 2.83 bits per heavy atom. The van der Waals surface area contributed by atoms with Crippen molar-refractivity contribution >= 4 is 33.4 Å². The van der Waals surface area contributed by atoms with Gasteiger partial charge >= 0.3 is 0 Å². The highest BCUT2D eigenvalue weighted by Crippen LogP contribution is 2.33. The van der Waals surface area contributed by atoms with Gasteiger partial charge in [-0.15, -0.1) is 10.2 Å². The third-order valence-corrected chi connectivity index (χ3v) is 5.49. The molecule has 0 aliphatic carbocycles. The number of hydrogen-bond acceptors (Lipinski definition) is 6. The molecular formula is C15H23N5O2S. The largest absolute Gasteiger partial charge is 0.352 e. The summed E-state index contributed by atoms with van der Waals surface area (Å²) in [5, 5.41) is 12.8. The molecule has 2 amide bonds. The SMILES string of the molecule is CC[C@@H](C)NC(=O)[C@@H]1CCCN1c1nnc(N2CCCC2=O)s1. The van der Waals surface area contributed by atoms with Crippen LogP contribution in [0.5, 0.6) is 0 Å². The molecule has 0 unspecified atom stereocenters. The molecule has 3 rings (SSSR count). The molecule has 7 nitrogen and oxygen atoms in total. The highest BCUT2D eigenvalue weighted by atomic mass is 32.1. The first-order valence-corrected chi connectivity index (χ1v) is 9.12. The number of nitrogens with one attached hydrogen (secondary N) is 1. The van der Waals surface area contributed by atoms with Gasteiger partial charge in [0.15, 0.2) is 0 Å². The maximum atomic E-state index is 12.5. The number of hydrogen-bond donors (Lipinski definition) is 1. The summed E-state index contributed by atoms with van der Waals surface area (Å²) in [5.74, 6) is 0.172. The summed E-state index contributed by atoms with van der Waals surface area (Å²) < 4.78 is 0. The van der Waals surface area contributed by atoms with Gasteiger partial charge in [0.1, 0.15) is 6.04 Å². The van der Waals surface area contributed by atoms with Gasteiger partial charge in [-0.2, -0.15) is 0 Å². The molecule has 0 spiro atoms. The van der Waals surface area contributed by atoms with Crippen LogP contribution < -0.4 is 15.1 Å². The Bertz CT molecular complexity index is 590.